The van der Waals surface area contributed by atoms with Crippen molar-refractivity contribution in [3.05, 3.63) is 105 Å². The monoisotopic (exact) mass is 494 g/mol. The Bertz CT molecular complexity index is 1410. The Kier molecular flexibility index (Phi) is 6.98. The van der Waals surface area contributed by atoms with Gasteiger partial charge in [0, 0.05) is 22.2 Å². The first-order chi connectivity index (χ1) is 16.8. The van der Waals surface area contributed by atoms with E-state index in [4.69, 9.17) is 21.1 Å². The summed E-state index contributed by atoms with van der Waals surface area (Å²) in [6.45, 7) is -0.265. The predicted octanol–water partition coefficient (Wildman–Crippen LogP) is 4.85. The second-order valence-electron chi connectivity index (χ2n) is 7.51. The van der Waals surface area contributed by atoms with Crippen LogP contribution in [0.3, 0.4) is 0 Å². The molecule has 0 fully saturated rings. The predicted molar refractivity (Wildman–Crippen MR) is 127 cm³/mol. The summed E-state index contributed by atoms with van der Waals surface area (Å²) in [5.74, 6) is -0.0617. The van der Waals surface area contributed by atoms with Gasteiger partial charge < -0.3 is 14.3 Å². The maximum absolute atomic E-state index is 13.2. The number of hydrogen-bond donors (Lipinski definition) is 0. The lowest BCUT2D eigenvalue weighted by molar-refractivity contribution is -0.763. The molecule has 0 spiro atoms. The molecule has 0 amide bonds. The minimum Gasteiger partial charge on any atom is -0.497 e. The highest BCUT2D eigenvalue weighted by molar-refractivity contribution is 6.30. The normalized spacial score (nSPS) is 10.7. The smallest absolute Gasteiger partial charge is 0.315 e. The number of halogens is 1. The Labute approximate surface area is 204 Å². The standard InChI is InChI=1S/C25H19ClN2O7/c1-33-20-9-10-23-22(13-20)18(14-27(23)25(30)17-5-7-19(26)8-6-17)12-24(29)35-21-4-2-3-16(11-21)15-34-28(31)32/h2-11,13-14H,12,15H2,1H3. The SMILES string of the molecule is COc1ccc2c(c1)c(CC(=O)Oc1cccc(CO[N+](=O)[O-])c1)cn2C(=O)c1ccc(Cl)cc1. The number of aromatic nitrogens is 1. The molecule has 0 saturated carbocycles. The van der Waals surface area contributed by atoms with Crippen LogP contribution >= 0.6 is 11.6 Å². The van der Waals surface area contributed by atoms with Gasteiger partial charge in [-0.2, -0.15) is 0 Å². The summed E-state index contributed by atoms with van der Waals surface area (Å²) in [5.41, 5.74) is 2.08. The molecule has 0 bridgehead atoms. The van der Waals surface area contributed by atoms with Crippen molar-refractivity contribution in [2.75, 3.05) is 7.11 Å². The molecule has 10 heteroatoms. The van der Waals surface area contributed by atoms with Crippen LogP contribution in [0.2, 0.25) is 5.02 Å². The molecular formula is C25H19ClN2O7. The molecule has 0 aliphatic heterocycles. The Balaban J connectivity index is 1.60. The zero-order valence-electron chi connectivity index (χ0n) is 18.5. The Morgan fingerprint density at radius 1 is 1.03 bits per heavy atom. The van der Waals surface area contributed by atoms with Crippen LogP contribution in [0.5, 0.6) is 11.5 Å². The van der Waals surface area contributed by atoms with Gasteiger partial charge in [0.2, 0.25) is 0 Å². The van der Waals surface area contributed by atoms with E-state index in [-0.39, 0.29) is 24.7 Å². The van der Waals surface area contributed by atoms with Crippen LogP contribution in [0.1, 0.15) is 21.5 Å². The quantitative estimate of drug-likeness (QED) is 0.149. The van der Waals surface area contributed by atoms with Crippen molar-refractivity contribution in [1.29, 1.82) is 0 Å². The highest BCUT2D eigenvalue weighted by atomic mass is 35.5. The van der Waals surface area contributed by atoms with Gasteiger partial charge in [0.1, 0.15) is 18.1 Å². The number of carbonyl (C=O) groups is 2. The molecule has 0 radical (unpaired) electrons. The van der Waals surface area contributed by atoms with E-state index in [0.717, 1.165) is 0 Å². The van der Waals surface area contributed by atoms with E-state index in [9.17, 15) is 19.7 Å². The first kappa shape index (κ1) is 23.8. The number of hydrogen-bond acceptors (Lipinski definition) is 7. The molecule has 1 heterocycles. The molecule has 35 heavy (non-hydrogen) atoms. The second kappa shape index (κ2) is 10.3. The van der Waals surface area contributed by atoms with Crippen molar-refractivity contribution in [1.82, 2.24) is 4.57 Å². The first-order valence-corrected chi connectivity index (χ1v) is 10.8. The largest absolute Gasteiger partial charge is 0.497 e. The molecular weight excluding hydrogens is 476 g/mol. The van der Waals surface area contributed by atoms with E-state index in [2.05, 4.69) is 4.84 Å². The van der Waals surface area contributed by atoms with Crippen molar-refractivity contribution in [2.24, 2.45) is 0 Å². The number of ether oxygens (including phenoxy) is 2. The van der Waals surface area contributed by atoms with Crippen molar-refractivity contribution < 1.29 is 29.0 Å². The molecule has 0 aliphatic carbocycles. The van der Waals surface area contributed by atoms with Crippen molar-refractivity contribution >= 4 is 34.4 Å². The van der Waals surface area contributed by atoms with E-state index < -0.39 is 11.1 Å². The molecule has 0 unspecified atom stereocenters. The van der Waals surface area contributed by atoms with Gasteiger partial charge >= 0.3 is 5.97 Å². The molecule has 178 valence electrons. The van der Waals surface area contributed by atoms with Gasteiger partial charge in [-0.3, -0.25) is 14.2 Å². The molecule has 0 saturated heterocycles. The van der Waals surface area contributed by atoms with Gasteiger partial charge in [0.05, 0.1) is 19.0 Å². The third-order valence-corrected chi connectivity index (χ3v) is 5.46. The highest BCUT2D eigenvalue weighted by Crippen LogP contribution is 2.28. The van der Waals surface area contributed by atoms with Crippen LogP contribution in [0.15, 0.2) is 72.9 Å². The van der Waals surface area contributed by atoms with Crippen LogP contribution in [0, 0.1) is 10.1 Å². The minimum absolute atomic E-state index is 0.125. The summed E-state index contributed by atoms with van der Waals surface area (Å²) in [4.78, 5) is 40.7. The van der Waals surface area contributed by atoms with Crippen LogP contribution in [0.4, 0.5) is 0 Å². The van der Waals surface area contributed by atoms with E-state index >= 15 is 0 Å². The summed E-state index contributed by atoms with van der Waals surface area (Å²) in [7, 11) is 1.53. The third kappa shape index (κ3) is 5.59. The molecule has 3 aromatic carbocycles. The Hall–Kier alpha value is -4.37. The fourth-order valence-corrected chi connectivity index (χ4v) is 3.72. The van der Waals surface area contributed by atoms with Crippen molar-refractivity contribution in [3.8, 4) is 11.5 Å². The van der Waals surface area contributed by atoms with E-state index in [1.54, 1.807) is 66.9 Å². The topological polar surface area (TPSA) is 110 Å². The summed E-state index contributed by atoms with van der Waals surface area (Å²) in [6.07, 6.45) is 1.48. The number of rotatable bonds is 8. The Morgan fingerprint density at radius 3 is 2.51 bits per heavy atom. The minimum atomic E-state index is -0.895. The van der Waals surface area contributed by atoms with Gasteiger partial charge in [-0.25, -0.2) is 0 Å². The van der Waals surface area contributed by atoms with Gasteiger partial charge in [-0.15, -0.1) is 10.1 Å². The number of esters is 1. The molecule has 0 atom stereocenters. The summed E-state index contributed by atoms with van der Waals surface area (Å²) in [5, 5.41) is 10.7. The zero-order chi connectivity index (χ0) is 24.9. The van der Waals surface area contributed by atoms with Gasteiger partial charge in [-0.05, 0) is 65.7 Å². The molecule has 9 nitrogen and oxygen atoms in total. The number of methoxy groups -OCH3 is 1. The van der Waals surface area contributed by atoms with E-state index in [1.807, 2.05) is 0 Å². The lowest BCUT2D eigenvalue weighted by atomic mass is 10.1. The fourth-order valence-electron chi connectivity index (χ4n) is 3.59. The van der Waals surface area contributed by atoms with Gasteiger partial charge in [-0.1, -0.05) is 23.7 Å². The summed E-state index contributed by atoms with van der Waals surface area (Å²) >= 11 is 5.94. The Morgan fingerprint density at radius 2 is 1.80 bits per heavy atom. The van der Waals surface area contributed by atoms with E-state index in [0.29, 0.717) is 38.4 Å². The zero-order valence-corrected chi connectivity index (χ0v) is 19.2. The fraction of sp³-hybridized carbons (Fsp3) is 0.120. The lowest BCUT2D eigenvalue weighted by Crippen LogP contribution is -2.12. The molecule has 4 rings (SSSR count). The van der Waals surface area contributed by atoms with E-state index in [1.165, 1.54) is 17.7 Å². The molecule has 4 aromatic rings. The van der Waals surface area contributed by atoms with Crippen molar-refractivity contribution in [2.45, 2.75) is 13.0 Å². The number of benzene rings is 3. The highest BCUT2D eigenvalue weighted by Gasteiger charge is 2.19. The maximum Gasteiger partial charge on any atom is 0.315 e. The maximum atomic E-state index is 13.2. The lowest BCUT2D eigenvalue weighted by Gasteiger charge is -2.06. The molecule has 0 N–H and O–H groups in total. The second-order valence-corrected chi connectivity index (χ2v) is 7.95. The van der Waals surface area contributed by atoms with Crippen LogP contribution in [0.25, 0.3) is 10.9 Å². The van der Waals surface area contributed by atoms with Crippen molar-refractivity contribution in [3.63, 3.8) is 0 Å². The average molecular weight is 495 g/mol. The number of carbonyl (C=O) groups excluding carboxylic acids is 2. The van der Waals surface area contributed by atoms with Gasteiger partial charge in [0.25, 0.3) is 11.0 Å². The first-order valence-electron chi connectivity index (χ1n) is 10.4. The van der Waals surface area contributed by atoms with Crippen LogP contribution in [-0.4, -0.2) is 28.6 Å². The number of fused-ring (bicyclic) bond motifs is 1. The number of nitrogens with zero attached hydrogens (tertiary/aromatic N) is 2. The van der Waals surface area contributed by atoms with Crippen LogP contribution < -0.4 is 9.47 Å². The summed E-state index contributed by atoms with van der Waals surface area (Å²) in [6, 6.07) is 18.0. The summed E-state index contributed by atoms with van der Waals surface area (Å²) < 4.78 is 12.2. The third-order valence-electron chi connectivity index (χ3n) is 5.21. The average Bonchev–Trinajstić information content (AvgIpc) is 3.20. The van der Waals surface area contributed by atoms with Crippen LogP contribution in [-0.2, 0) is 22.7 Å². The molecule has 0 aliphatic rings. The molecule has 1 aromatic heterocycles. The van der Waals surface area contributed by atoms with Gasteiger partial charge in [0.15, 0.2) is 0 Å².